The second-order valence-electron chi connectivity index (χ2n) is 5.58. The summed E-state index contributed by atoms with van der Waals surface area (Å²) in [7, 11) is 0. The second-order valence-corrected chi connectivity index (χ2v) is 6.64. The summed E-state index contributed by atoms with van der Waals surface area (Å²) in [5.41, 5.74) is 7.01. The topological polar surface area (TPSA) is 108 Å². The number of rotatable bonds is 3. The van der Waals surface area contributed by atoms with Crippen molar-refractivity contribution in [2.75, 3.05) is 5.73 Å². The molecule has 1 fully saturated rings. The Morgan fingerprint density at radius 2 is 2.00 bits per heavy atom. The van der Waals surface area contributed by atoms with Gasteiger partial charge in [0.15, 0.2) is 5.13 Å². The molecule has 116 valence electrons. The highest BCUT2D eigenvalue weighted by atomic mass is 32.1. The standard InChI is InChI=1S/C15H17N3O3S/c16-15-18-11-6-3-9(7-12(11)22-15)13(19)17-10-4-1-8(2-5-10)14(20)21/h3,6-8,10H,1-2,4-5H2,(H2,16,18)(H,17,19)(H,20,21)/p-1. The van der Waals surface area contributed by atoms with Crippen LogP contribution in [0.25, 0.3) is 10.2 Å². The summed E-state index contributed by atoms with van der Waals surface area (Å²) in [5.74, 6) is -1.52. The van der Waals surface area contributed by atoms with E-state index in [4.69, 9.17) is 5.73 Å². The van der Waals surface area contributed by atoms with Gasteiger partial charge in [-0.1, -0.05) is 11.3 Å². The smallest absolute Gasteiger partial charge is 0.251 e. The van der Waals surface area contributed by atoms with Crippen molar-refractivity contribution >= 4 is 38.6 Å². The van der Waals surface area contributed by atoms with Crippen LogP contribution in [0.5, 0.6) is 0 Å². The van der Waals surface area contributed by atoms with Gasteiger partial charge < -0.3 is 21.0 Å². The molecule has 3 N–H and O–H groups in total. The van der Waals surface area contributed by atoms with E-state index in [1.165, 1.54) is 11.3 Å². The van der Waals surface area contributed by atoms with Crippen LogP contribution < -0.4 is 16.2 Å². The van der Waals surface area contributed by atoms with Crippen molar-refractivity contribution in [2.45, 2.75) is 31.7 Å². The zero-order valence-corrected chi connectivity index (χ0v) is 12.7. The maximum Gasteiger partial charge on any atom is 0.251 e. The first-order valence-electron chi connectivity index (χ1n) is 7.20. The van der Waals surface area contributed by atoms with Gasteiger partial charge in [-0.15, -0.1) is 0 Å². The first-order valence-corrected chi connectivity index (χ1v) is 8.02. The molecule has 0 radical (unpaired) electrons. The molecular formula is C15H16N3O3S-. The van der Waals surface area contributed by atoms with Crippen LogP contribution in [-0.4, -0.2) is 22.9 Å². The zero-order valence-electron chi connectivity index (χ0n) is 11.9. The number of nitrogens with one attached hydrogen (secondary N) is 1. The molecule has 1 aliphatic carbocycles. The fourth-order valence-corrected chi connectivity index (χ4v) is 3.60. The number of carboxylic acids is 1. The van der Waals surface area contributed by atoms with Crippen LogP contribution in [0.3, 0.4) is 0 Å². The third kappa shape index (κ3) is 3.04. The van der Waals surface area contributed by atoms with Gasteiger partial charge in [-0.3, -0.25) is 4.79 Å². The number of anilines is 1. The molecule has 1 aromatic heterocycles. The summed E-state index contributed by atoms with van der Waals surface area (Å²) in [6, 6.07) is 5.31. The average Bonchev–Trinajstić information content (AvgIpc) is 2.86. The molecule has 22 heavy (non-hydrogen) atoms. The Balaban J connectivity index is 1.65. The summed E-state index contributed by atoms with van der Waals surface area (Å²) in [5, 5.41) is 14.3. The summed E-state index contributed by atoms with van der Waals surface area (Å²) in [6.45, 7) is 0. The monoisotopic (exact) mass is 318 g/mol. The highest BCUT2D eigenvalue weighted by Crippen LogP contribution is 2.26. The van der Waals surface area contributed by atoms with Gasteiger partial charge in [0.05, 0.1) is 10.2 Å². The van der Waals surface area contributed by atoms with Crippen LogP contribution >= 0.6 is 11.3 Å². The lowest BCUT2D eigenvalue weighted by molar-refractivity contribution is -0.312. The van der Waals surface area contributed by atoms with E-state index >= 15 is 0 Å². The van der Waals surface area contributed by atoms with Crippen molar-refractivity contribution in [3.8, 4) is 0 Å². The molecule has 0 saturated heterocycles. The van der Waals surface area contributed by atoms with E-state index < -0.39 is 5.97 Å². The number of thiazole rings is 1. The molecule has 1 aliphatic rings. The van der Waals surface area contributed by atoms with Crippen LogP contribution in [0.4, 0.5) is 5.13 Å². The third-order valence-corrected chi connectivity index (χ3v) is 4.91. The highest BCUT2D eigenvalue weighted by molar-refractivity contribution is 7.22. The molecule has 7 heteroatoms. The van der Waals surface area contributed by atoms with Crippen molar-refractivity contribution in [1.82, 2.24) is 10.3 Å². The number of aliphatic carboxylic acids is 1. The number of carboxylic acid groups (broad SMARTS) is 1. The van der Waals surface area contributed by atoms with E-state index in [2.05, 4.69) is 10.3 Å². The van der Waals surface area contributed by atoms with Gasteiger partial charge in [-0.05, 0) is 49.8 Å². The summed E-state index contributed by atoms with van der Waals surface area (Å²) in [6.07, 6.45) is 2.44. The number of benzene rings is 1. The molecule has 0 aliphatic heterocycles. The molecular weight excluding hydrogens is 302 g/mol. The lowest BCUT2D eigenvalue weighted by Crippen LogP contribution is -2.41. The Kier molecular flexibility index (Phi) is 3.98. The Morgan fingerprint density at radius 1 is 1.27 bits per heavy atom. The molecule has 0 spiro atoms. The Bertz CT molecular complexity index is 720. The second kappa shape index (κ2) is 5.92. The third-order valence-electron chi connectivity index (χ3n) is 4.06. The fourth-order valence-electron chi connectivity index (χ4n) is 2.83. The van der Waals surface area contributed by atoms with Crippen molar-refractivity contribution < 1.29 is 14.7 Å². The van der Waals surface area contributed by atoms with Crippen molar-refractivity contribution in [2.24, 2.45) is 5.92 Å². The van der Waals surface area contributed by atoms with Gasteiger partial charge in [-0.2, -0.15) is 0 Å². The molecule has 1 saturated carbocycles. The number of nitrogens with two attached hydrogens (primary N) is 1. The lowest BCUT2D eigenvalue weighted by Gasteiger charge is -2.29. The van der Waals surface area contributed by atoms with Crippen LogP contribution in [0, 0.1) is 5.92 Å². The maximum absolute atomic E-state index is 12.3. The molecule has 0 atom stereocenters. The van der Waals surface area contributed by atoms with Crippen molar-refractivity contribution in [1.29, 1.82) is 0 Å². The first kappa shape index (κ1) is 14.8. The molecule has 3 rings (SSSR count). The molecule has 1 amide bonds. The number of nitrogen functional groups attached to an aromatic ring is 1. The van der Waals surface area contributed by atoms with Gasteiger partial charge in [0.1, 0.15) is 0 Å². The fraction of sp³-hybridized carbons (Fsp3) is 0.400. The van der Waals surface area contributed by atoms with E-state index in [0.29, 0.717) is 36.4 Å². The minimum Gasteiger partial charge on any atom is -0.550 e. The van der Waals surface area contributed by atoms with Gasteiger partial charge >= 0.3 is 0 Å². The number of aromatic nitrogens is 1. The normalized spacial score (nSPS) is 21.6. The molecule has 2 aromatic rings. The molecule has 0 unspecified atom stereocenters. The zero-order chi connectivity index (χ0) is 15.7. The molecule has 1 aromatic carbocycles. The minimum absolute atomic E-state index is 0.0188. The first-order chi connectivity index (χ1) is 10.5. The number of hydrogen-bond donors (Lipinski definition) is 2. The van der Waals surface area contributed by atoms with E-state index in [1.807, 2.05) is 0 Å². The Labute approximate surface area is 131 Å². The van der Waals surface area contributed by atoms with Crippen LogP contribution in [-0.2, 0) is 4.79 Å². The number of hydrogen-bond acceptors (Lipinski definition) is 6. The molecule has 1 heterocycles. The van der Waals surface area contributed by atoms with Gasteiger partial charge in [0, 0.05) is 17.6 Å². The van der Waals surface area contributed by atoms with Crippen molar-refractivity contribution in [3.63, 3.8) is 0 Å². The molecule has 0 bridgehead atoms. The predicted octanol–water partition coefficient (Wildman–Crippen LogP) is 0.917. The maximum atomic E-state index is 12.3. The van der Waals surface area contributed by atoms with E-state index in [-0.39, 0.29) is 17.9 Å². The number of carbonyl (C=O) groups is 2. The van der Waals surface area contributed by atoms with Gasteiger partial charge in [0.25, 0.3) is 5.91 Å². The largest absolute Gasteiger partial charge is 0.550 e. The average molecular weight is 318 g/mol. The number of fused-ring (bicyclic) bond motifs is 1. The summed E-state index contributed by atoms with van der Waals surface area (Å²) in [4.78, 5) is 27.3. The van der Waals surface area contributed by atoms with Crippen LogP contribution in [0.1, 0.15) is 36.0 Å². The van der Waals surface area contributed by atoms with E-state index in [9.17, 15) is 14.7 Å². The SMILES string of the molecule is Nc1nc2ccc(C(=O)NC3CCC(C(=O)[O-])CC3)cc2s1. The van der Waals surface area contributed by atoms with Crippen LogP contribution in [0.15, 0.2) is 18.2 Å². The number of amides is 1. The predicted molar refractivity (Wildman–Crippen MR) is 82.3 cm³/mol. The van der Waals surface area contributed by atoms with Gasteiger partial charge in [-0.25, -0.2) is 4.98 Å². The van der Waals surface area contributed by atoms with Crippen LogP contribution in [0.2, 0.25) is 0 Å². The molecule has 6 nitrogen and oxygen atoms in total. The van der Waals surface area contributed by atoms with Crippen molar-refractivity contribution in [3.05, 3.63) is 23.8 Å². The van der Waals surface area contributed by atoms with E-state index in [0.717, 1.165) is 10.2 Å². The Hall–Kier alpha value is -2.15. The Morgan fingerprint density at radius 3 is 2.68 bits per heavy atom. The van der Waals surface area contributed by atoms with E-state index in [1.54, 1.807) is 18.2 Å². The number of carbonyl (C=O) groups excluding carboxylic acids is 2. The number of nitrogens with zero attached hydrogens (tertiary/aromatic N) is 1. The highest BCUT2D eigenvalue weighted by Gasteiger charge is 2.23. The quantitative estimate of drug-likeness (QED) is 0.874. The lowest BCUT2D eigenvalue weighted by atomic mass is 9.86. The summed E-state index contributed by atoms with van der Waals surface area (Å²) >= 11 is 1.35. The minimum atomic E-state index is -0.988. The summed E-state index contributed by atoms with van der Waals surface area (Å²) < 4.78 is 0.880. The van der Waals surface area contributed by atoms with Gasteiger partial charge in [0.2, 0.25) is 0 Å².